The minimum absolute atomic E-state index is 0.162. The third kappa shape index (κ3) is 2.34. The van der Waals surface area contributed by atoms with Gasteiger partial charge in [-0.05, 0) is 24.0 Å². The Kier molecular flexibility index (Phi) is 3.95. The summed E-state index contributed by atoms with van der Waals surface area (Å²) < 4.78 is 11.0. The van der Waals surface area contributed by atoms with Gasteiger partial charge >= 0.3 is 11.9 Å². The van der Waals surface area contributed by atoms with Crippen LogP contribution in [0.25, 0.3) is 0 Å². The summed E-state index contributed by atoms with van der Waals surface area (Å²) in [6.45, 7) is 15.5. The molecule has 2 aliphatic carbocycles. The van der Waals surface area contributed by atoms with Crippen molar-refractivity contribution in [2.45, 2.75) is 50.9 Å². The number of esters is 2. The Hall–Kier alpha value is -1.88. The van der Waals surface area contributed by atoms with Crippen LogP contribution in [0.5, 0.6) is 0 Å². The molecule has 0 unspecified atom stereocenters. The number of ether oxygens (including phenoxy) is 2. The molecule has 5 atom stereocenters. The van der Waals surface area contributed by atoms with Crippen molar-refractivity contribution < 1.29 is 24.2 Å². The second kappa shape index (κ2) is 5.59. The van der Waals surface area contributed by atoms with Crippen LogP contribution < -0.4 is 0 Å². The van der Waals surface area contributed by atoms with Crippen molar-refractivity contribution in [3.63, 3.8) is 0 Å². The third-order valence-corrected chi connectivity index (χ3v) is 5.60. The number of fused-ring (bicyclic) bond motifs is 3. The van der Waals surface area contributed by atoms with E-state index in [4.69, 9.17) is 9.47 Å². The summed E-state index contributed by atoms with van der Waals surface area (Å²) >= 11 is 0. The summed E-state index contributed by atoms with van der Waals surface area (Å²) in [5.41, 5.74) is 0.429. The minimum atomic E-state index is -1.27. The maximum Gasteiger partial charge on any atom is 0.334 e. The van der Waals surface area contributed by atoms with Crippen molar-refractivity contribution in [1.29, 1.82) is 0 Å². The molecule has 1 aliphatic heterocycles. The highest BCUT2D eigenvalue weighted by molar-refractivity contribution is 5.91. The van der Waals surface area contributed by atoms with Crippen LogP contribution in [0, 0.1) is 17.8 Å². The van der Waals surface area contributed by atoms with Crippen molar-refractivity contribution >= 4 is 11.9 Å². The van der Waals surface area contributed by atoms with Gasteiger partial charge in [0.05, 0.1) is 17.4 Å². The largest absolute Gasteiger partial charge is 0.458 e. The monoisotopic (exact) mass is 332 g/mol. The maximum atomic E-state index is 12.0. The van der Waals surface area contributed by atoms with Crippen LogP contribution in [0.4, 0.5) is 0 Å². The molecule has 1 heterocycles. The van der Waals surface area contributed by atoms with Gasteiger partial charge in [-0.3, -0.25) is 4.79 Å². The molecule has 1 N–H and O–H groups in total. The number of hydrogen-bond acceptors (Lipinski definition) is 5. The number of carbonyl (C=O) groups is 2. The molecule has 5 nitrogen and oxygen atoms in total. The summed E-state index contributed by atoms with van der Waals surface area (Å²) in [5.74, 6) is -1.71. The molecule has 3 rings (SSSR count). The van der Waals surface area contributed by atoms with Gasteiger partial charge in [0.15, 0.2) is 0 Å². The van der Waals surface area contributed by atoms with E-state index in [1.807, 2.05) is 0 Å². The van der Waals surface area contributed by atoms with Gasteiger partial charge in [-0.2, -0.15) is 0 Å². The fraction of sp³-hybridized carbons (Fsp3) is 0.579. The van der Waals surface area contributed by atoms with Gasteiger partial charge in [0, 0.05) is 17.9 Å². The first-order chi connectivity index (χ1) is 11.2. The molecular formula is C19H24O5. The molecule has 2 saturated carbocycles. The quantitative estimate of drug-likeness (QED) is 0.477. The standard InChI is InChI=1S/C19H24O5/c1-9(2)17(20)23-14-8-19(22)10(3)6-7-13-11(4)18(21)24-16(13)15(19)12(14)5/h9,13-16,22H,3-8H2,1-2H3/t13-,14-,15+,16-,19+/m0/s1. The Morgan fingerprint density at radius 1 is 1.38 bits per heavy atom. The first-order valence-electron chi connectivity index (χ1n) is 8.36. The summed E-state index contributed by atoms with van der Waals surface area (Å²) in [7, 11) is 0. The Bertz CT molecular complexity index is 646. The summed E-state index contributed by atoms with van der Waals surface area (Å²) in [6, 6.07) is 0. The molecule has 0 spiro atoms. The second-order valence-corrected chi connectivity index (χ2v) is 7.41. The van der Waals surface area contributed by atoms with E-state index < -0.39 is 29.7 Å². The molecule has 3 aliphatic rings. The van der Waals surface area contributed by atoms with E-state index in [0.717, 1.165) is 0 Å². The average molecular weight is 332 g/mol. The summed E-state index contributed by atoms with van der Waals surface area (Å²) in [4.78, 5) is 23.9. The van der Waals surface area contributed by atoms with Gasteiger partial charge in [0.25, 0.3) is 0 Å². The summed E-state index contributed by atoms with van der Waals surface area (Å²) in [5, 5.41) is 11.3. The zero-order valence-electron chi connectivity index (χ0n) is 14.2. The number of hydrogen-bond donors (Lipinski definition) is 1. The maximum absolute atomic E-state index is 12.0. The summed E-state index contributed by atoms with van der Waals surface area (Å²) in [6.07, 6.45) is 0.321. The second-order valence-electron chi connectivity index (χ2n) is 7.41. The van der Waals surface area contributed by atoms with E-state index in [2.05, 4.69) is 19.7 Å². The van der Waals surface area contributed by atoms with Crippen LogP contribution in [0.1, 0.15) is 33.1 Å². The van der Waals surface area contributed by atoms with Crippen LogP contribution in [0.2, 0.25) is 0 Å². The minimum Gasteiger partial charge on any atom is -0.458 e. The zero-order chi connectivity index (χ0) is 17.8. The molecule has 0 amide bonds. The topological polar surface area (TPSA) is 72.8 Å². The van der Waals surface area contributed by atoms with E-state index in [9.17, 15) is 14.7 Å². The smallest absolute Gasteiger partial charge is 0.334 e. The Morgan fingerprint density at radius 3 is 2.67 bits per heavy atom. The molecular weight excluding hydrogens is 308 g/mol. The molecule has 0 bridgehead atoms. The molecule has 0 radical (unpaired) electrons. The molecule has 1 saturated heterocycles. The molecule has 0 aromatic carbocycles. The van der Waals surface area contributed by atoms with E-state index in [1.54, 1.807) is 13.8 Å². The van der Waals surface area contributed by atoms with E-state index in [-0.39, 0.29) is 24.2 Å². The molecule has 130 valence electrons. The van der Waals surface area contributed by atoms with Gasteiger partial charge in [0.2, 0.25) is 0 Å². The predicted octanol–water partition coefficient (Wildman–Crippen LogP) is 2.31. The predicted molar refractivity (Wildman–Crippen MR) is 87.8 cm³/mol. The Balaban J connectivity index is 1.95. The van der Waals surface area contributed by atoms with Gasteiger partial charge in [-0.25, -0.2) is 4.79 Å². The fourth-order valence-corrected chi connectivity index (χ4v) is 4.10. The van der Waals surface area contributed by atoms with Gasteiger partial charge in [-0.15, -0.1) is 0 Å². The van der Waals surface area contributed by atoms with Crippen LogP contribution in [-0.2, 0) is 19.1 Å². The van der Waals surface area contributed by atoms with Gasteiger partial charge < -0.3 is 14.6 Å². The highest BCUT2D eigenvalue weighted by Gasteiger charge is 2.60. The van der Waals surface area contributed by atoms with Crippen molar-refractivity contribution in [3.8, 4) is 0 Å². The van der Waals surface area contributed by atoms with Crippen LogP contribution in [0.15, 0.2) is 36.5 Å². The van der Waals surface area contributed by atoms with Crippen LogP contribution in [-0.4, -0.2) is 34.9 Å². The lowest BCUT2D eigenvalue weighted by molar-refractivity contribution is -0.151. The third-order valence-electron chi connectivity index (χ3n) is 5.60. The Labute approximate surface area is 142 Å². The van der Waals surface area contributed by atoms with Crippen LogP contribution >= 0.6 is 0 Å². The SMILES string of the molecule is C=C1[C@@H](OC(=O)C(C)C)C[C@@]2(O)C(=C)CC[C@H]3C(=C)C(=O)O[C@@H]3[C@@H]12. The Morgan fingerprint density at radius 2 is 2.04 bits per heavy atom. The average Bonchev–Trinajstić information content (AvgIpc) is 2.88. The first-order valence-corrected chi connectivity index (χ1v) is 8.36. The lowest BCUT2D eigenvalue weighted by atomic mass is 9.78. The molecule has 0 aromatic rings. The number of aliphatic hydroxyl groups is 1. The van der Waals surface area contributed by atoms with E-state index >= 15 is 0 Å². The normalized spacial score (nSPS) is 38.7. The molecule has 24 heavy (non-hydrogen) atoms. The molecule has 5 heteroatoms. The molecule has 0 aromatic heterocycles. The van der Waals surface area contributed by atoms with Crippen molar-refractivity contribution in [2.75, 3.05) is 0 Å². The van der Waals surface area contributed by atoms with Gasteiger partial charge in [0.1, 0.15) is 12.2 Å². The number of rotatable bonds is 2. The van der Waals surface area contributed by atoms with E-state index in [0.29, 0.717) is 29.6 Å². The lowest BCUT2D eigenvalue weighted by Crippen LogP contribution is -2.42. The lowest BCUT2D eigenvalue weighted by Gasteiger charge is -2.33. The van der Waals surface area contributed by atoms with Crippen molar-refractivity contribution in [1.82, 2.24) is 0 Å². The zero-order valence-corrected chi connectivity index (χ0v) is 14.2. The fourth-order valence-electron chi connectivity index (χ4n) is 4.10. The number of carbonyl (C=O) groups excluding carboxylic acids is 2. The highest BCUT2D eigenvalue weighted by atomic mass is 16.6. The van der Waals surface area contributed by atoms with Crippen LogP contribution in [0.3, 0.4) is 0 Å². The highest BCUT2D eigenvalue weighted by Crippen LogP contribution is 2.54. The van der Waals surface area contributed by atoms with Crippen molar-refractivity contribution in [2.24, 2.45) is 17.8 Å². The van der Waals surface area contributed by atoms with Crippen molar-refractivity contribution in [3.05, 3.63) is 36.5 Å². The molecule has 3 fully saturated rings. The van der Waals surface area contributed by atoms with Gasteiger partial charge in [-0.1, -0.05) is 33.6 Å². The van der Waals surface area contributed by atoms with E-state index in [1.165, 1.54) is 0 Å². The first kappa shape index (κ1) is 17.0.